The molecule has 1 aromatic rings. The highest BCUT2D eigenvalue weighted by Crippen LogP contribution is 2.18. The highest BCUT2D eigenvalue weighted by molar-refractivity contribution is 9.10. The number of aryl methyl sites for hydroxylation is 3. The predicted octanol–water partition coefficient (Wildman–Crippen LogP) is 1.89. The van der Waals surface area contributed by atoms with Crippen molar-refractivity contribution in [1.29, 1.82) is 0 Å². The second-order valence-electron chi connectivity index (χ2n) is 4.59. The Morgan fingerprint density at radius 2 is 2.24 bits per heavy atom. The van der Waals surface area contributed by atoms with Crippen molar-refractivity contribution in [3.8, 4) is 0 Å². The Kier molecular flexibility index (Phi) is 3.86. The van der Waals surface area contributed by atoms with Crippen LogP contribution in [0.25, 0.3) is 0 Å². The zero-order valence-electron chi connectivity index (χ0n) is 10.3. The lowest BCUT2D eigenvalue weighted by Crippen LogP contribution is -2.29. The maximum atomic E-state index is 11.7. The van der Waals surface area contributed by atoms with Gasteiger partial charge in [-0.15, -0.1) is 0 Å². The minimum absolute atomic E-state index is 0.0381. The lowest BCUT2D eigenvalue weighted by molar-refractivity contribution is -0.127. The fourth-order valence-corrected chi connectivity index (χ4v) is 2.73. The summed E-state index contributed by atoms with van der Waals surface area (Å²) in [4.78, 5) is 13.6. The van der Waals surface area contributed by atoms with Gasteiger partial charge in [-0.3, -0.25) is 9.48 Å². The van der Waals surface area contributed by atoms with Gasteiger partial charge in [-0.1, -0.05) is 15.9 Å². The molecule has 2 heterocycles. The zero-order valence-corrected chi connectivity index (χ0v) is 11.9. The average Bonchev–Trinajstić information content (AvgIpc) is 2.75. The molecule has 1 aromatic heterocycles. The minimum Gasteiger partial charge on any atom is -0.342 e. The summed E-state index contributed by atoms with van der Waals surface area (Å²) < 4.78 is 2.02. The second-order valence-corrected chi connectivity index (χ2v) is 5.69. The Labute approximate surface area is 110 Å². The average molecular weight is 300 g/mol. The van der Waals surface area contributed by atoms with E-state index < -0.39 is 0 Å². The molecule has 1 unspecified atom stereocenters. The standard InChI is InChI=1S/C12H18BrN3O/c1-9-8-10(2)16(14-9)6-3-5-15-7-4-11(13)12(15)17/h8,11H,3-7H2,1-2H3. The van der Waals surface area contributed by atoms with E-state index in [9.17, 15) is 4.79 Å². The van der Waals surface area contributed by atoms with Crippen molar-refractivity contribution in [1.82, 2.24) is 14.7 Å². The molecule has 0 bridgehead atoms. The molecular weight excluding hydrogens is 282 g/mol. The first-order valence-electron chi connectivity index (χ1n) is 6.02. The van der Waals surface area contributed by atoms with Crippen LogP contribution in [0.5, 0.6) is 0 Å². The zero-order chi connectivity index (χ0) is 12.4. The van der Waals surface area contributed by atoms with E-state index in [2.05, 4.69) is 34.0 Å². The molecule has 0 N–H and O–H groups in total. The Hall–Kier alpha value is -0.840. The molecule has 1 fully saturated rings. The summed E-state index contributed by atoms with van der Waals surface area (Å²) in [5, 5.41) is 4.41. The van der Waals surface area contributed by atoms with E-state index in [0.29, 0.717) is 0 Å². The number of halogens is 1. The van der Waals surface area contributed by atoms with Crippen LogP contribution < -0.4 is 0 Å². The maximum Gasteiger partial charge on any atom is 0.236 e. The fraction of sp³-hybridized carbons (Fsp3) is 0.667. The summed E-state index contributed by atoms with van der Waals surface area (Å²) in [5.74, 6) is 0.235. The van der Waals surface area contributed by atoms with Gasteiger partial charge >= 0.3 is 0 Å². The molecule has 1 saturated heterocycles. The molecule has 0 spiro atoms. The highest BCUT2D eigenvalue weighted by Gasteiger charge is 2.28. The van der Waals surface area contributed by atoms with Gasteiger partial charge in [0.25, 0.3) is 0 Å². The Bertz CT molecular complexity index is 416. The lowest BCUT2D eigenvalue weighted by Gasteiger charge is -2.15. The van der Waals surface area contributed by atoms with Crippen molar-refractivity contribution >= 4 is 21.8 Å². The predicted molar refractivity (Wildman–Crippen MR) is 70.2 cm³/mol. The molecule has 0 aromatic carbocycles. The van der Waals surface area contributed by atoms with E-state index >= 15 is 0 Å². The first-order valence-corrected chi connectivity index (χ1v) is 6.93. The number of carbonyl (C=O) groups is 1. The van der Waals surface area contributed by atoms with Crippen molar-refractivity contribution in [2.75, 3.05) is 13.1 Å². The number of carbonyl (C=O) groups excluding carboxylic acids is 1. The van der Waals surface area contributed by atoms with E-state index in [-0.39, 0.29) is 10.7 Å². The molecule has 1 atom stereocenters. The van der Waals surface area contributed by atoms with Gasteiger partial charge in [-0.25, -0.2) is 0 Å². The molecular formula is C12H18BrN3O. The Morgan fingerprint density at radius 3 is 2.76 bits per heavy atom. The topological polar surface area (TPSA) is 38.1 Å². The summed E-state index contributed by atoms with van der Waals surface area (Å²) in [7, 11) is 0. The Morgan fingerprint density at radius 1 is 1.47 bits per heavy atom. The van der Waals surface area contributed by atoms with Crippen LogP contribution in [0.4, 0.5) is 0 Å². The van der Waals surface area contributed by atoms with Gasteiger partial charge in [0.15, 0.2) is 0 Å². The first-order chi connectivity index (χ1) is 8.08. The van der Waals surface area contributed by atoms with E-state index in [0.717, 1.165) is 38.2 Å². The van der Waals surface area contributed by atoms with Crippen LogP contribution >= 0.6 is 15.9 Å². The van der Waals surface area contributed by atoms with Crippen LogP contribution in [0.1, 0.15) is 24.2 Å². The number of alkyl halides is 1. The van der Waals surface area contributed by atoms with Crippen LogP contribution in [-0.4, -0.2) is 38.5 Å². The number of aromatic nitrogens is 2. The summed E-state index contributed by atoms with van der Waals surface area (Å²) in [5.41, 5.74) is 2.24. The van der Waals surface area contributed by atoms with Gasteiger partial charge in [0.05, 0.1) is 10.5 Å². The molecule has 4 nitrogen and oxygen atoms in total. The third-order valence-corrected chi connectivity index (χ3v) is 3.98. The molecule has 0 radical (unpaired) electrons. The van der Waals surface area contributed by atoms with Crippen LogP contribution in [0.2, 0.25) is 0 Å². The molecule has 2 rings (SSSR count). The summed E-state index contributed by atoms with van der Waals surface area (Å²) in [6.07, 6.45) is 1.89. The summed E-state index contributed by atoms with van der Waals surface area (Å²) >= 11 is 3.39. The highest BCUT2D eigenvalue weighted by atomic mass is 79.9. The number of hydrogen-bond donors (Lipinski definition) is 0. The lowest BCUT2D eigenvalue weighted by atomic mass is 10.3. The monoisotopic (exact) mass is 299 g/mol. The number of hydrogen-bond acceptors (Lipinski definition) is 2. The molecule has 94 valence electrons. The number of amides is 1. The molecule has 1 amide bonds. The van der Waals surface area contributed by atoms with Crippen LogP contribution in [0.3, 0.4) is 0 Å². The maximum absolute atomic E-state index is 11.7. The number of likely N-dealkylation sites (tertiary alicyclic amines) is 1. The van der Waals surface area contributed by atoms with E-state index in [1.807, 2.05) is 16.5 Å². The summed E-state index contributed by atoms with van der Waals surface area (Å²) in [6, 6.07) is 2.08. The molecule has 1 aliphatic rings. The van der Waals surface area contributed by atoms with Gasteiger partial charge in [0.1, 0.15) is 0 Å². The SMILES string of the molecule is Cc1cc(C)n(CCCN2CCC(Br)C2=O)n1. The van der Waals surface area contributed by atoms with Crippen molar-refractivity contribution in [3.05, 3.63) is 17.5 Å². The third-order valence-electron chi connectivity index (χ3n) is 3.13. The quantitative estimate of drug-likeness (QED) is 0.796. The molecule has 0 saturated carbocycles. The summed E-state index contributed by atoms with van der Waals surface area (Å²) in [6.45, 7) is 6.67. The molecule has 17 heavy (non-hydrogen) atoms. The van der Waals surface area contributed by atoms with Crippen LogP contribution in [0.15, 0.2) is 6.07 Å². The molecule has 0 aliphatic carbocycles. The van der Waals surface area contributed by atoms with E-state index in [1.54, 1.807) is 0 Å². The largest absolute Gasteiger partial charge is 0.342 e. The van der Waals surface area contributed by atoms with Crippen molar-refractivity contribution < 1.29 is 4.79 Å². The minimum atomic E-state index is 0.0381. The fourth-order valence-electron chi connectivity index (χ4n) is 2.24. The van der Waals surface area contributed by atoms with E-state index in [1.165, 1.54) is 5.69 Å². The number of nitrogens with zero attached hydrogens (tertiary/aromatic N) is 3. The van der Waals surface area contributed by atoms with Crippen molar-refractivity contribution in [3.63, 3.8) is 0 Å². The van der Waals surface area contributed by atoms with Crippen molar-refractivity contribution in [2.24, 2.45) is 0 Å². The molecule has 1 aliphatic heterocycles. The van der Waals surface area contributed by atoms with Gasteiger partial charge in [-0.2, -0.15) is 5.10 Å². The van der Waals surface area contributed by atoms with Crippen LogP contribution in [0, 0.1) is 13.8 Å². The van der Waals surface area contributed by atoms with Crippen molar-refractivity contribution in [2.45, 2.75) is 38.1 Å². The normalized spacial score (nSPS) is 20.3. The van der Waals surface area contributed by atoms with Gasteiger partial charge in [0.2, 0.25) is 5.91 Å². The van der Waals surface area contributed by atoms with Gasteiger partial charge in [0, 0.05) is 25.3 Å². The first kappa shape index (κ1) is 12.6. The number of rotatable bonds is 4. The van der Waals surface area contributed by atoms with Gasteiger partial charge in [-0.05, 0) is 32.8 Å². The Balaban J connectivity index is 1.80. The second kappa shape index (κ2) is 5.21. The van der Waals surface area contributed by atoms with Gasteiger partial charge < -0.3 is 4.90 Å². The molecule has 5 heteroatoms. The van der Waals surface area contributed by atoms with Crippen LogP contribution in [-0.2, 0) is 11.3 Å². The third kappa shape index (κ3) is 2.89. The van der Waals surface area contributed by atoms with E-state index in [4.69, 9.17) is 0 Å². The smallest absolute Gasteiger partial charge is 0.236 e.